The van der Waals surface area contributed by atoms with Gasteiger partial charge in [-0.15, -0.1) is 0 Å². The molecule has 1 aromatic heterocycles. The first-order valence-corrected chi connectivity index (χ1v) is 14.3. The summed E-state index contributed by atoms with van der Waals surface area (Å²) in [6, 6.07) is 12.5. The van der Waals surface area contributed by atoms with Crippen molar-refractivity contribution in [3.8, 4) is 16.9 Å². The van der Waals surface area contributed by atoms with E-state index in [0.717, 1.165) is 42.2 Å². The molecule has 0 saturated heterocycles. The molecule has 0 amide bonds. The summed E-state index contributed by atoms with van der Waals surface area (Å²) in [5.74, 6) is -0.585. The molecule has 0 aliphatic heterocycles. The van der Waals surface area contributed by atoms with E-state index in [4.69, 9.17) is 18.6 Å². The first kappa shape index (κ1) is 33.2. The van der Waals surface area contributed by atoms with Gasteiger partial charge in [0.25, 0.3) is 0 Å². The molecule has 0 spiro atoms. The SMILES string of the molecule is C=C(C)C(=O)OCCCCc1cc(CCCCOC(O)C(=C)C)cc2cc(-c3ccc(OC(=O)C(=C)C)cc3)c(=O)oc12. The standard InChI is InChI=1S/C35H40O8/c1-22(2)32(36)40-17-9-7-11-25-19-27(12-8-10-18-41-33(37)23(3)4)31-28(20-25)21-30(35(39)43-31)26-13-15-29(16-14-26)42-34(38)24(5)6/h13-16,19-21,32,36H,1,3,5,7-12,17-18H2,2,4,6H3. The maximum Gasteiger partial charge on any atom is 0.344 e. The Morgan fingerprint density at radius 1 is 0.860 bits per heavy atom. The summed E-state index contributed by atoms with van der Waals surface area (Å²) in [6.07, 6.45) is 3.40. The number of aliphatic hydroxyl groups excluding tert-OH is 1. The van der Waals surface area contributed by atoms with Gasteiger partial charge >= 0.3 is 17.6 Å². The first-order valence-electron chi connectivity index (χ1n) is 14.3. The van der Waals surface area contributed by atoms with Gasteiger partial charge in [-0.1, -0.05) is 37.9 Å². The molecule has 0 fully saturated rings. The molecule has 0 aliphatic carbocycles. The van der Waals surface area contributed by atoms with Crippen molar-refractivity contribution in [2.75, 3.05) is 13.2 Å². The van der Waals surface area contributed by atoms with E-state index >= 15 is 0 Å². The minimum Gasteiger partial charge on any atom is -0.462 e. The van der Waals surface area contributed by atoms with E-state index in [0.29, 0.717) is 53.1 Å². The number of ether oxygens (including phenoxy) is 3. The van der Waals surface area contributed by atoms with Crippen LogP contribution in [0.5, 0.6) is 5.75 Å². The molecule has 3 rings (SSSR count). The van der Waals surface area contributed by atoms with Gasteiger partial charge in [-0.3, -0.25) is 0 Å². The van der Waals surface area contributed by atoms with E-state index in [1.807, 2.05) is 12.1 Å². The molecule has 0 radical (unpaired) electrons. The van der Waals surface area contributed by atoms with Crippen molar-refractivity contribution >= 4 is 22.9 Å². The van der Waals surface area contributed by atoms with Gasteiger partial charge in [-0.05, 0) is 106 Å². The van der Waals surface area contributed by atoms with Crippen molar-refractivity contribution in [1.29, 1.82) is 0 Å². The highest BCUT2D eigenvalue weighted by atomic mass is 16.6. The molecular weight excluding hydrogens is 548 g/mol. The summed E-state index contributed by atoms with van der Waals surface area (Å²) in [6.45, 7) is 16.5. The topological polar surface area (TPSA) is 112 Å². The van der Waals surface area contributed by atoms with Gasteiger partial charge in [-0.25, -0.2) is 14.4 Å². The average Bonchev–Trinajstić information content (AvgIpc) is 2.96. The molecule has 3 aromatic rings. The van der Waals surface area contributed by atoms with Gasteiger partial charge in [0.2, 0.25) is 0 Å². The second-order valence-corrected chi connectivity index (χ2v) is 10.7. The quantitative estimate of drug-likeness (QED) is 0.0378. The van der Waals surface area contributed by atoms with Crippen LogP contribution < -0.4 is 10.4 Å². The van der Waals surface area contributed by atoms with Crippen LogP contribution in [0.15, 0.2) is 88.1 Å². The van der Waals surface area contributed by atoms with Crippen LogP contribution in [-0.4, -0.2) is 36.5 Å². The van der Waals surface area contributed by atoms with E-state index < -0.39 is 23.9 Å². The van der Waals surface area contributed by atoms with Crippen molar-refractivity contribution in [1.82, 2.24) is 0 Å². The van der Waals surface area contributed by atoms with Crippen LogP contribution in [0.2, 0.25) is 0 Å². The molecule has 2 aromatic carbocycles. The largest absolute Gasteiger partial charge is 0.462 e. The molecule has 1 N–H and O–H groups in total. The lowest BCUT2D eigenvalue weighted by molar-refractivity contribution is -0.139. The molecule has 8 heteroatoms. The van der Waals surface area contributed by atoms with Crippen molar-refractivity contribution in [2.24, 2.45) is 0 Å². The monoisotopic (exact) mass is 588 g/mol. The smallest absolute Gasteiger partial charge is 0.344 e. The van der Waals surface area contributed by atoms with Crippen LogP contribution in [0.1, 0.15) is 57.6 Å². The van der Waals surface area contributed by atoms with Crippen molar-refractivity contribution in [2.45, 2.75) is 65.6 Å². The van der Waals surface area contributed by atoms with Gasteiger partial charge < -0.3 is 23.7 Å². The Balaban J connectivity index is 1.83. The third-order valence-electron chi connectivity index (χ3n) is 6.67. The lowest BCUT2D eigenvalue weighted by Crippen LogP contribution is -2.13. The molecule has 43 heavy (non-hydrogen) atoms. The van der Waals surface area contributed by atoms with Gasteiger partial charge in [0.05, 0.1) is 18.8 Å². The molecule has 1 heterocycles. The van der Waals surface area contributed by atoms with Crippen molar-refractivity contribution in [3.05, 3.63) is 100 Å². The molecule has 0 aliphatic rings. The second-order valence-electron chi connectivity index (χ2n) is 10.7. The van der Waals surface area contributed by atoms with Crippen LogP contribution >= 0.6 is 0 Å². The zero-order valence-corrected chi connectivity index (χ0v) is 25.2. The fourth-order valence-corrected chi connectivity index (χ4v) is 4.28. The number of carbonyl (C=O) groups excluding carboxylic acids is 2. The third kappa shape index (κ3) is 9.91. The maximum absolute atomic E-state index is 13.1. The number of hydrogen-bond acceptors (Lipinski definition) is 8. The summed E-state index contributed by atoms with van der Waals surface area (Å²) in [5.41, 5.74) is 4.26. The number of esters is 2. The highest BCUT2D eigenvalue weighted by Crippen LogP contribution is 2.28. The number of benzene rings is 2. The molecule has 0 bridgehead atoms. The number of unbranched alkanes of at least 4 members (excludes halogenated alkanes) is 2. The Hall–Kier alpha value is -4.27. The number of hydrogen-bond donors (Lipinski definition) is 1. The highest BCUT2D eigenvalue weighted by molar-refractivity contribution is 5.89. The number of aryl methyl sites for hydroxylation is 2. The number of aliphatic hydroxyl groups is 1. The van der Waals surface area contributed by atoms with E-state index in [1.54, 1.807) is 45.0 Å². The van der Waals surface area contributed by atoms with Crippen LogP contribution in [0.3, 0.4) is 0 Å². The Morgan fingerprint density at radius 2 is 1.51 bits per heavy atom. The molecule has 1 atom stereocenters. The first-order chi connectivity index (χ1) is 20.5. The van der Waals surface area contributed by atoms with Gasteiger partial charge in [0.1, 0.15) is 11.3 Å². The minimum absolute atomic E-state index is 0.283. The normalized spacial score (nSPS) is 11.6. The zero-order valence-electron chi connectivity index (χ0n) is 25.2. The number of carbonyl (C=O) groups is 2. The summed E-state index contributed by atoms with van der Waals surface area (Å²) in [5, 5.41) is 10.6. The summed E-state index contributed by atoms with van der Waals surface area (Å²) < 4.78 is 21.7. The third-order valence-corrected chi connectivity index (χ3v) is 6.67. The Labute approximate surface area is 252 Å². The van der Waals surface area contributed by atoms with Crippen LogP contribution in [0.25, 0.3) is 22.1 Å². The molecule has 1 unspecified atom stereocenters. The highest BCUT2D eigenvalue weighted by Gasteiger charge is 2.14. The van der Waals surface area contributed by atoms with Crippen LogP contribution in [-0.2, 0) is 31.9 Å². The zero-order chi connectivity index (χ0) is 31.5. The summed E-state index contributed by atoms with van der Waals surface area (Å²) >= 11 is 0. The van der Waals surface area contributed by atoms with E-state index in [2.05, 4.69) is 25.8 Å². The lowest BCUT2D eigenvalue weighted by atomic mass is 9.97. The number of rotatable bonds is 16. The van der Waals surface area contributed by atoms with E-state index in [-0.39, 0.29) is 12.2 Å². The van der Waals surface area contributed by atoms with Crippen molar-refractivity contribution < 1.29 is 33.3 Å². The minimum atomic E-state index is -0.963. The Morgan fingerprint density at radius 3 is 2.16 bits per heavy atom. The average molecular weight is 589 g/mol. The summed E-state index contributed by atoms with van der Waals surface area (Å²) in [4.78, 5) is 36.6. The van der Waals surface area contributed by atoms with E-state index in [1.165, 1.54) is 0 Å². The van der Waals surface area contributed by atoms with Crippen LogP contribution in [0.4, 0.5) is 0 Å². The molecule has 0 saturated carbocycles. The van der Waals surface area contributed by atoms with Crippen molar-refractivity contribution in [3.63, 3.8) is 0 Å². The Bertz CT molecular complexity index is 1540. The molecular formula is C35H40O8. The second kappa shape index (κ2) is 15.8. The number of fused-ring (bicyclic) bond motifs is 1. The van der Waals surface area contributed by atoms with Crippen LogP contribution in [0, 0.1) is 0 Å². The maximum atomic E-state index is 13.1. The van der Waals surface area contributed by atoms with Gasteiger partial charge in [0, 0.05) is 16.5 Å². The van der Waals surface area contributed by atoms with E-state index in [9.17, 15) is 19.5 Å². The predicted molar refractivity (Wildman–Crippen MR) is 167 cm³/mol. The predicted octanol–water partition coefficient (Wildman–Crippen LogP) is 6.62. The molecule has 8 nitrogen and oxygen atoms in total. The fourth-order valence-electron chi connectivity index (χ4n) is 4.28. The lowest BCUT2D eigenvalue weighted by Gasteiger charge is -2.13. The molecule has 228 valence electrons. The van der Waals surface area contributed by atoms with Gasteiger partial charge in [0.15, 0.2) is 6.29 Å². The Kier molecular flexibility index (Phi) is 12.2. The van der Waals surface area contributed by atoms with Gasteiger partial charge in [-0.2, -0.15) is 0 Å². The summed E-state index contributed by atoms with van der Waals surface area (Å²) in [7, 11) is 0. The fraction of sp³-hybridized carbons (Fsp3) is 0.343.